The van der Waals surface area contributed by atoms with Crippen LogP contribution in [0.25, 0.3) is 0 Å². The van der Waals surface area contributed by atoms with E-state index in [0.717, 1.165) is 0 Å². The SMILES string of the molecule is CNC(C)(C#N)C1CC1. The quantitative estimate of drug-likeness (QED) is 0.593. The van der Waals surface area contributed by atoms with E-state index < -0.39 is 0 Å². The predicted molar refractivity (Wildman–Crippen MR) is 35.8 cm³/mol. The van der Waals surface area contributed by atoms with Crippen molar-refractivity contribution in [1.82, 2.24) is 5.32 Å². The van der Waals surface area contributed by atoms with E-state index in [9.17, 15) is 0 Å². The lowest BCUT2D eigenvalue weighted by Gasteiger charge is -2.18. The number of hydrogen-bond donors (Lipinski definition) is 1. The zero-order chi connectivity index (χ0) is 6.91. The van der Waals surface area contributed by atoms with Crippen LogP contribution in [-0.2, 0) is 0 Å². The highest BCUT2D eigenvalue weighted by atomic mass is 14.9. The van der Waals surface area contributed by atoms with E-state index in [-0.39, 0.29) is 5.54 Å². The van der Waals surface area contributed by atoms with Gasteiger partial charge in [0.25, 0.3) is 0 Å². The minimum atomic E-state index is -0.250. The number of rotatable bonds is 2. The average Bonchev–Trinajstić information content (AvgIpc) is 2.68. The molecule has 0 aromatic rings. The Balaban J connectivity index is 2.56. The normalized spacial score (nSPS) is 24.6. The van der Waals surface area contributed by atoms with Gasteiger partial charge < -0.3 is 5.32 Å². The summed E-state index contributed by atoms with van der Waals surface area (Å²) in [5.41, 5.74) is -0.250. The Morgan fingerprint density at radius 2 is 2.22 bits per heavy atom. The van der Waals surface area contributed by atoms with Crippen LogP contribution in [0.5, 0.6) is 0 Å². The molecule has 1 fully saturated rings. The molecule has 0 aromatic carbocycles. The van der Waals surface area contributed by atoms with Gasteiger partial charge in [0.2, 0.25) is 0 Å². The molecule has 9 heavy (non-hydrogen) atoms. The predicted octanol–water partition coefficient (Wildman–Crippen LogP) is 0.898. The highest BCUT2D eigenvalue weighted by Crippen LogP contribution is 2.38. The second kappa shape index (κ2) is 2.00. The molecule has 1 rings (SSSR count). The third kappa shape index (κ3) is 1.06. The van der Waals surface area contributed by atoms with Crippen molar-refractivity contribution in [3.63, 3.8) is 0 Å². The Hall–Kier alpha value is -0.550. The van der Waals surface area contributed by atoms with Gasteiger partial charge in [0.1, 0.15) is 5.54 Å². The summed E-state index contributed by atoms with van der Waals surface area (Å²) >= 11 is 0. The van der Waals surface area contributed by atoms with Gasteiger partial charge in [0.05, 0.1) is 6.07 Å². The molecule has 2 nitrogen and oxygen atoms in total. The highest BCUT2D eigenvalue weighted by Gasteiger charge is 2.40. The molecule has 0 aliphatic heterocycles. The second-order valence-electron chi connectivity index (χ2n) is 2.84. The third-order valence-corrected chi connectivity index (χ3v) is 2.15. The van der Waals surface area contributed by atoms with Crippen molar-refractivity contribution in [2.75, 3.05) is 7.05 Å². The fraction of sp³-hybridized carbons (Fsp3) is 0.857. The van der Waals surface area contributed by atoms with Crippen molar-refractivity contribution >= 4 is 0 Å². The largest absolute Gasteiger partial charge is 0.302 e. The molecule has 0 saturated heterocycles. The monoisotopic (exact) mass is 124 g/mol. The van der Waals surface area contributed by atoms with E-state index in [2.05, 4.69) is 11.4 Å². The van der Waals surface area contributed by atoms with E-state index in [1.54, 1.807) is 0 Å². The van der Waals surface area contributed by atoms with Crippen LogP contribution in [0.4, 0.5) is 0 Å². The Morgan fingerprint density at radius 3 is 2.33 bits per heavy atom. The zero-order valence-corrected chi connectivity index (χ0v) is 5.94. The van der Waals surface area contributed by atoms with Gasteiger partial charge in [-0.15, -0.1) is 0 Å². The van der Waals surface area contributed by atoms with E-state index in [1.807, 2.05) is 14.0 Å². The van der Waals surface area contributed by atoms with E-state index in [0.29, 0.717) is 5.92 Å². The average molecular weight is 124 g/mol. The molecule has 1 atom stereocenters. The van der Waals surface area contributed by atoms with Crippen molar-refractivity contribution in [3.8, 4) is 6.07 Å². The van der Waals surface area contributed by atoms with Crippen LogP contribution < -0.4 is 5.32 Å². The van der Waals surface area contributed by atoms with E-state index in [1.165, 1.54) is 12.8 Å². The molecule has 0 amide bonds. The number of nitriles is 1. The molecule has 1 saturated carbocycles. The molecule has 1 unspecified atom stereocenters. The zero-order valence-electron chi connectivity index (χ0n) is 5.94. The molecule has 0 aromatic heterocycles. The van der Waals surface area contributed by atoms with Crippen LogP contribution >= 0.6 is 0 Å². The lowest BCUT2D eigenvalue weighted by Crippen LogP contribution is -2.40. The molecular weight excluding hydrogens is 112 g/mol. The molecule has 0 heterocycles. The smallest absolute Gasteiger partial charge is 0.106 e. The summed E-state index contributed by atoms with van der Waals surface area (Å²) in [7, 11) is 1.85. The first kappa shape index (κ1) is 6.57. The van der Waals surface area contributed by atoms with Crippen LogP contribution in [0.15, 0.2) is 0 Å². The lowest BCUT2D eigenvalue weighted by atomic mass is 9.99. The summed E-state index contributed by atoms with van der Waals surface area (Å²) in [4.78, 5) is 0. The number of nitrogens with one attached hydrogen (secondary N) is 1. The maximum atomic E-state index is 8.68. The molecule has 0 spiro atoms. The topological polar surface area (TPSA) is 35.8 Å². The van der Waals surface area contributed by atoms with Crippen LogP contribution in [0.2, 0.25) is 0 Å². The summed E-state index contributed by atoms with van der Waals surface area (Å²) < 4.78 is 0. The second-order valence-corrected chi connectivity index (χ2v) is 2.84. The fourth-order valence-electron chi connectivity index (χ4n) is 1.01. The Kier molecular flexibility index (Phi) is 1.46. The maximum Gasteiger partial charge on any atom is 0.106 e. The van der Waals surface area contributed by atoms with Gasteiger partial charge in [0.15, 0.2) is 0 Å². The lowest BCUT2D eigenvalue weighted by molar-refractivity contribution is 0.433. The van der Waals surface area contributed by atoms with E-state index in [4.69, 9.17) is 5.26 Å². The van der Waals surface area contributed by atoms with Gasteiger partial charge >= 0.3 is 0 Å². The molecule has 1 aliphatic rings. The molecule has 0 bridgehead atoms. The molecule has 50 valence electrons. The first-order chi connectivity index (χ1) is 4.23. The van der Waals surface area contributed by atoms with Gasteiger partial charge in [-0.25, -0.2) is 0 Å². The standard InChI is InChI=1S/C7H12N2/c1-7(5-8,9-2)6-3-4-6/h6,9H,3-4H2,1-2H3. The third-order valence-electron chi connectivity index (χ3n) is 2.15. The van der Waals surface area contributed by atoms with Crippen molar-refractivity contribution in [3.05, 3.63) is 0 Å². The van der Waals surface area contributed by atoms with Crippen LogP contribution in [0.1, 0.15) is 19.8 Å². The van der Waals surface area contributed by atoms with Crippen molar-refractivity contribution in [2.24, 2.45) is 5.92 Å². The first-order valence-corrected chi connectivity index (χ1v) is 3.33. The maximum absolute atomic E-state index is 8.68. The molecule has 0 radical (unpaired) electrons. The summed E-state index contributed by atoms with van der Waals surface area (Å²) in [5, 5.41) is 11.7. The van der Waals surface area contributed by atoms with Gasteiger partial charge in [-0.05, 0) is 32.7 Å². The Bertz CT molecular complexity index is 143. The Morgan fingerprint density at radius 1 is 1.67 bits per heavy atom. The summed E-state index contributed by atoms with van der Waals surface area (Å²) in [5.74, 6) is 0.604. The number of nitrogens with zero attached hydrogens (tertiary/aromatic N) is 1. The van der Waals surface area contributed by atoms with Crippen LogP contribution in [-0.4, -0.2) is 12.6 Å². The van der Waals surface area contributed by atoms with Crippen molar-refractivity contribution < 1.29 is 0 Å². The minimum Gasteiger partial charge on any atom is -0.302 e. The van der Waals surface area contributed by atoms with Gasteiger partial charge in [0, 0.05) is 0 Å². The summed E-state index contributed by atoms with van der Waals surface area (Å²) in [6.45, 7) is 1.96. The number of hydrogen-bond acceptors (Lipinski definition) is 2. The van der Waals surface area contributed by atoms with Crippen LogP contribution in [0, 0.1) is 17.2 Å². The van der Waals surface area contributed by atoms with Gasteiger partial charge in [-0.2, -0.15) is 5.26 Å². The minimum absolute atomic E-state index is 0.250. The summed E-state index contributed by atoms with van der Waals surface area (Å²) in [6, 6.07) is 2.28. The van der Waals surface area contributed by atoms with E-state index >= 15 is 0 Å². The fourth-order valence-corrected chi connectivity index (χ4v) is 1.01. The highest BCUT2D eigenvalue weighted by molar-refractivity contribution is 5.11. The van der Waals surface area contributed by atoms with Gasteiger partial charge in [-0.1, -0.05) is 0 Å². The molecular formula is C7H12N2. The molecule has 2 heteroatoms. The summed E-state index contributed by atoms with van der Waals surface area (Å²) in [6.07, 6.45) is 2.43. The molecule has 1 aliphatic carbocycles. The van der Waals surface area contributed by atoms with Crippen molar-refractivity contribution in [1.29, 1.82) is 5.26 Å². The Labute approximate surface area is 55.9 Å². The first-order valence-electron chi connectivity index (χ1n) is 3.33. The van der Waals surface area contributed by atoms with Crippen LogP contribution in [0.3, 0.4) is 0 Å². The van der Waals surface area contributed by atoms with Crippen molar-refractivity contribution in [2.45, 2.75) is 25.3 Å². The molecule has 1 N–H and O–H groups in total. The van der Waals surface area contributed by atoms with Gasteiger partial charge in [-0.3, -0.25) is 0 Å².